The summed E-state index contributed by atoms with van der Waals surface area (Å²) < 4.78 is 1.05. The van der Waals surface area contributed by atoms with Crippen LogP contribution in [0, 0.1) is 17.2 Å². The summed E-state index contributed by atoms with van der Waals surface area (Å²) in [7, 11) is 0. The highest BCUT2D eigenvalue weighted by molar-refractivity contribution is 9.10. The second-order valence-corrected chi connectivity index (χ2v) is 8.48. The summed E-state index contributed by atoms with van der Waals surface area (Å²) in [5, 5.41) is 10.1. The third-order valence-electron chi connectivity index (χ3n) is 5.80. The molecule has 2 rings (SSSR count). The Morgan fingerprint density at radius 3 is 2.19 bits per heavy atom. The zero-order chi connectivity index (χ0) is 19.9. The molecule has 2 atom stereocenters. The highest BCUT2D eigenvalue weighted by atomic mass is 79.9. The number of nitriles is 1. The van der Waals surface area contributed by atoms with E-state index < -0.39 is 5.41 Å². The maximum absolute atomic E-state index is 10.1. The summed E-state index contributed by atoms with van der Waals surface area (Å²) in [4.78, 5) is 2.50. The molecule has 2 nitrogen and oxygen atoms in total. The molecule has 0 bridgehead atoms. The molecule has 0 heterocycles. The van der Waals surface area contributed by atoms with Crippen LogP contribution in [0.15, 0.2) is 59.1 Å². The van der Waals surface area contributed by atoms with E-state index in [1.54, 1.807) is 0 Å². The number of benzene rings is 2. The largest absolute Gasteiger partial charge is 0.297 e. The van der Waals surface area contributed by atoms with Gasteiger partial charge in [0.2, 0.25) is 0 Å². The Morgan fingerprint density at radius 2 is 1.67 bits per heavy atom. The van der Waals surface area contributed by atoms with Crippen molar-refractivity contribution in [3.05, 3.63) is 70.2 Å². The molecule has 0 radical (unpaired) electrons. The van der Waals surface area contributed by atoms with Crippen molar-refractivity contribution in [2.24, 2.45) is 5.92 Å². The molecule has 0 aliphatic carbocycles. The number of nitrogens with zero attached hydrogens (tertiary/aromatic N) is 2. The molecule has 0 aromatic heterocycles. The van der Waals surface area contributed by atoms with Crippen molar-refractivity contribution in [3.8, 4) is 6.07 Å². The van der Waals surface area contributed by atoms with Gasteiger partial charge in [-0.05, 0) is 62.0 Å². The summed E-state index contributed by atoms with van der Waals surface area (Å²) in [6.07, 6.45) is 1.88. The average molecular weight is 427 g/mol. The molecule has 0 spiro atoms. The fraction of sp³-hybridized carbons (Fsp3) is 0.458. The lowest BCUT2D eigenvalue weighted by molar-refractivity contribution is 0.208. The monoisotopic (exact) mass is 426 g/mol. The maximum atomic E-state index is 10.1. The molecule has 0 N–H and O–H groups in total. The Morgan fingerprint density at radius 1 is 1.04 bits per heavy atom. The Kier molecular flexibility index (Phi) is 8.07. The molecule has 0 amide bonds. The van der Waals surface area contributed by atoms with Crippen molar-refractivity contribution in [1.29, 1.82) is 5.26 Å². The molecule has 0 aliphatic heterocycles. The van der Waals surface area contributed by atoms with E-state index in [0.717, 1.165) is 36.0 Å². The normalized spacial score (nSPS) is 14.7. The standard InChI is InChI=1S/C24H31BrN2/c1-5-27(20(4)21-10-7-6-8-11-21)17-9-16-24(18-26,19(2)3)22-12-14-23(25)15-13-22/h6-8,10-15,19-20H,5,9,16-17H2,1-4H3. The van der Waals surface area contributed by atoms with Gasteiger partial charge in [0.25, 0.3) is 0 Å². The lowest BCUT2D eigenvalue weighted by atomic mass is 9.70. The van der Waals surface area contributed by atoms with Crippen molar-refractivity contribution < 1.29 is 0 Å². The molecule has 3 heteroatoms. The van der Waals surface area contributed by atoms with Gasteiger partial charge in [-0.1, -0.05) is 79.2 Å². The molecule has 2 unspecified atom stereocenters. The van der Waals surface area contributed by atoms with Gasteiger partial charge in [0, 0.05) is 10.5 Å². The van der Waals surface area contributed by atoms with Crippen molar-refractivity contribution in [3.63, 3.8) is 0 Å². The van der Waals surface area contributed by atoms with Crippen LogP contribution >= 0.6 is 15.9 Å². The van der Waals surface area contributed by atoms with Gasteiger partial charge in [-0.25, -0.2) is 0 Å². The van der Waals surface area contributed by atoms with Gasteiger partial charge in [-0.3, -0.25) is 4.90 Å². The van der Waals surface area contributed by atoms with E-state index in [0.29, 0.717) is 6.04 Å². The van der Waals surface area contributed by atoms with Crippen LogP contribution in [0.25, 0.3) is 0 Å². The average Bonchev–Trinajstić information content (AvgIpc) is 2.69. The minimum Gasteiger partial charge on any atom is -0.297 e. The Balaban J connectivity index is 2.10. The number of halogens is 1. The van der Waals surface area contributed by atoms with Crippen LogP contribution in [0.2, 0.25) is 0 Å². The van der Waals surface area contributed by atoms with E-state index in [-0.39, 0.29) is 5.92 Å². The number of hydrogen-bond donors (Lipinski definition) is 0. The zero-order valence-corrected chi connectivity index (χ0v) is 18.5. The molecule has 27 heavy (non-hydrogen) atoms. The topological polar surface area (TPSA) is 27.0 Å². The van der Waals surface area contributed by atoms with E-state index in [2.05, 4.69) is 97.1 Å². The van der Waals surface area contributed by atoms with Gasteiger partial charge in [0.15, 0.2) is 0 Å². The second-order valence-electron chi connectivity index (χ2n) is 7.56. The van der Waals surface area contributed by atoms with Crippen LogP contribution in [0.5, 0.6) is 0 Å². The van der Waals surface area contributed by atoms with E-state index in [1.165, 1.54) is 5.56 Å². The molecule has 0 fully saturated rings. The first-order chi connectivity index (χ1) is 12.9. The number of hydrogen-bond acceptors (Lipinski definition) is 2. The third-order valence-corrected chi connectivity index (χ3v) is 6.33. The third kappa shape index (κ3) is 5.21. The SMILES string of the molecule is CCN(CCCC(C#N)(c1ccc(Br)cc1)C(C)C)C(C)c1ccccc1. The summed E-state index contributed by atoms with van der Waals surface area (Å²) in [6.45, 7) is 10.8. The molecule has 0 saturated carbocycles. The Hall–Kier alpha value is -1.63. The summed E-state index contributed by atoms with van der Waals surface area (Å²) in [5.74, 6) is 0.269. The van der Waals surface area contributed by atoms with Gasteiger partial charge in [-0.2, -0.15) is 5.26 Å². The lowest BCUT2D eigenvalue weighted by Crippen LogP contribution is -2.33. The number of rotatable bonds is 9. The smallest absolute Gasteiger partial charge is 0.0845 e. The van der Waals surface area contributed by atoms with Gasteiger partial charge in [0.05, 0.1) is 11.5 Å². The molecule has 0 aliphatic rings. The van der Waals surface area contributed by atoms with Gasteiger partial charge < -0.3 is 0 Å². The van der Waals surface area contributed by atoms with E-state index in [4.69, 9.17) is 0 Å². The molecular weight excluding hydrogens is 396 g/mol. The minimum atomic E-state index is -0.434. The lowest BCUT2D eigenvalue weighted by Gasteiger charge is -2.34. The molecule has 2 aromatic carbocycles. The van der Waals surface area contributed by atoms with Crippen LogP contribution < -0.4 is 0 Å². The molecule has 0 saturated heterocycles. The fourth-order valence-corrected chi connectivity index (χ4v) is 4.16. The molecular formula is C24H31BrN2. The summed E-state index contributed by atoms with van der Waals surface area (Å²) >= 11 is 3.50. The quantitative estimate of drug-likeness (QED) is 0.444. The van der Waals surface area contributed by atoms with Crippen LogP contribution in [0.3, 0.4) is 0 Å². The maximum Gasteiger partial charge on any atom is 0.0845 e. The predicted molar refractivity (Wildman–Crippen MR) is 118 cm³/mol. The summed E-state index contributed by atoms with van der Waals surface area (Å²) in [5.41, 5.74) is 2.04. The van der Waals surface area contributed by atoms with Crippen LogP contribution in [0.1, 0.15) is 57.7 Å². The van der Waals surface area contributed by atoms with E-state index in [1.807, 2.05) is 12.1 Å². The van der Waals surface area contributed by atoms with Crippen LogP contribution in [0.4, 0.5) is 0 Å². The van der Waals surface area contributed by atoms with Gasteiger partial charge >= 0.3 is 0 Å². The van der Waals surface area contributed by atoms with E-state index in [9.17, 15) is 5.26 Å². The van der Waals surface area contributed by atoms with Crippen molar-refractivity contribution in [1.82, 2.24) is 4.90 Å². The molecule has 144 valence electrons. The van der Waals surface area contributed by atoms with Crippen LogP contribution in [-0.4, -0.2) is 18.0 Å². The van der Waals surface area contributed by atoms with Crippen molar-refractivity contribution >= 4 is 15.9 Å². The van der Waals surface area contributed by atoms with Gasteiger partial charge in [0.1, 0.15) is 0 Å². The van der Waals surface area contributed by atoms with Crippen molar-refractivity contribution in [2.75, 3.05) is 13.1 Å². The Labute approximate surface area is 173 Å². The zero-order valence-electron chi connectivity index (χ0n) is 17.0. The highest BCUT2D eigenvalue weighted by Gasteiger charge is 2.35. The first kappa shape index (κ1) is 21.7. The fourth-order valence-electron chi connectivity index (χ4n) is 3.89. The van der Waals surface area contributed by atoms with Crippen molar-refractivity contribution in [2.45, 2.75) is 52.0 Å². The first-order valence-electron chi connectivity index (χ1n) is 9.91. The minimum absolute atomic E-state index is 0.269. The van der Waals surface area contributed by atoms with Crippen LogP contribution in [-0.2, 0) is 5.41 Å². The highest BCUT2D eigenvalue weighted by Crippen LogP contribution is 2.37. The Bertz CT molecular complexity index is 733. The summed E-state index contributed by atoms with van der Waals surface area (Å²) in [6, 6.07) is 22.0. The first-order valence-corrected chi connectivity index (χ1v) is 10.7. The van der Waals surface area contributed by atoms with Gasteiger partial charge in [-0.15, -0.1) is 0 Å². The predicted octanol–water partition coefficient (Wildman–Crippen LogP) is 6.73. The van der Waals surface area contributed by atoms with E-state index >= 15 is 0 Å². The second kappa shape index (κ2) is 10.1. The molecule has 2 aromatic rings.